The minimum Gasteiger partial charge on any atom is -0.352 e. The van der Waals surface area contributed by atoms with Crippen LogP contribution in [0.25, 0.3) is 0 Å². The molecule has 3 rings (SSSR count). The van der Waals surface area contributed by atoms with Crippen molar-refractivity contribution in [1.29, 1.82) is 0 Å². The molecule has 2 aliphatic heterocycles. The molecule has 1 unspecified atom stereocenters. The monoisotopic (exact) mass is 280 g/mol. The SMILES string of the molecule is O=C(CN1CC2CNCCN2C1=O)NC1CCCCC1. The summed E-state index contributed by atoms with van der Waals surface area (Å²) in [5, 5.41) is 6.38. The van der Waals surface area contributed by atoms with Gasteiger partial charge in [-0.05, 0) is 12.8 Å². The van der Waals surface area contributed by atoms with Crippen LogP contribution in [0.5, 0.6) is 0 Å². The highest BCUT2D eigenvalue weighted by Gasteiger charge is 2.39. The van der Waals surface area contributed by atoms with Gasteiger partial charge < -0.3 is 20.4 Å². The standard InChI is InChI=1S/C14H24N4O2/c19-13(16-11-4-2-1-3-5-11)10-17-9-12-8-15-6-7-18(12)14(17)20/h11-12,15H,1-10H2,(H,16,19). The van der Waals surface area contributed by atoms with Crippen molar-refractivity contribution in [1.82, 2.24) is 20.4 Å². The Balaban J connectivity index is 1.49. The molecule has 3 aliphatic rings. The minimum absolute atomic E-state index is 0.00180. The second-order valence-corrected chi connectivity index (χ2v) is 6.12. The van der Waals surface area contributed by atoms with Crippen LogP contribution >= 0.6 is 0 Å². The normalized spacial score (nSPS) is 27.6. The number of nitrogens with one attached hydrogen (secondary N) is 2. The van der Waals surface area contributed by atoms with Crippen LogP contribution in [-0.2, 0) is 4.79 Å². The molecule has 0 aromatic heterocycles. The van der Waals surface area contributed by atoms with Crippen molar-refractivity contribution in [3.8, 4) is 0 Å². The van der Waals surface area contributed by atoms with Gasteiger partial charge in [0, 0.05) is 32.2 Å². The Morgan fingerprint density at radius 3 is 2.85 bits per heavy atom. The Labute approximate surface area is 119 Å². The van der Waals surface area contributed by atoms with Gasteiger partial charge in [0.05, 0.1) is 6.04 Å². The first kappa shape index (κ1) is 13.7. The van der Waals surface area contributed by atoms with Gasteiger partial charge in [0.25, 0.3) is 0 Å². The molecular weight excluding hydrogens is 256 g/mol. The molecule has 3 fully saturated rings. The second kappa shape index (κ2) is 5.99. The number of urea groups is 1. The van der Waals surface area contributed by atoms with E-state index in [1.165, 1.54) is 19.3 Å². The van der Waals surface area contributed by atoms with Crippen LogP contribution in [0.1, 0.15) is 32.1 Å². The number of piperazine rings is 1. The molecule has 0 aromatic carbocycles. The highest BCUT2D eigenvalue weighted by atomic mass is 16.2. The van der Waals surface area contributed by atoms with Gasteiger partial charge in [-0.2, -0.15) is 0 Å². The Morgan fingerprint density at radius 2 is 2.10 bits per heavy atom. The number of nitrogens with zero attached hydrogens (tertiary/aromatic N) is 2. The van der Waals surface area contributed by atoms with Crippen molar-refractivity contribution >= 4 is 11.9 Å². The molecular formula is C14H24N4O2. The van der Waals surface area contributed by atoms with Gasteiger partial charge in [-0.1, -0.05) is 19.3 Å². The number of amides is 3. The van der Waals surface area contributed by atoms with E-state index >= 15 is 0 Å². The van der Waals surface area contributed by atoms with Crippen molar-refractivity contribution in [2.75, 3.05) is 32.7 Å². The first-order chi connectivity index (χ1) is 9.74. The molecule has 1 atom stereocenters. The number of fused-ring (bicyclic) bond motifs is 1. The summed E-state index contributed by atoms with van der Waals surface area (Å²) in [6.07, 6.45) is 5.85. The van der Waals surface area contributed by atoms with Gasteiger partial charge in [0.2, 0.25) is 5.91 Å². The molecule has 112 valence electrons. The molecule has 1 aliphatic carbocycles. The number of carbonyl (C=O) groups excluding carboxylic acids is 2. The first-order valence-corrected chi connectivity index (χ1v) is 7.79. The average Bonchev–Trinajstić information content (AvgIpc) is 2.77. The Morgan fingerprint density at radius 1 is 1.30 bits per heavy atom. The van der Waals surface area contributed by atoms with E-state index in [1.807, 2.05) is 4.90 Å². The second-order valence-electron chi connectivity index (χ2n) is 6.12. The molecule has 3 amide bonds. The van der Waals surface area contributed by atoms with Crippen LogP contribution in [0, 0.1) is 0 Å². The van der Waals surface area contributed by atoms with E-state index < -0.39 is 0 Å². The zero-order valence-electron chi connectivity index (χ0n) is 11.9. The third-order valence-corrected chi connectivity index (χ3v) is 4.60. The fraction of sp³-hybridized carbons (Fsp3) is 0.857. The van der Waals surface area contributed by atoms with E-state index in [2.05, 4.69) is 10.6 Å². The summed E-state index contributed by atoms with van der Waals surface area (Å²) >= 11 is 0. The summed E-state index contributed by atoms with van der Waals surface area (Å²) in [5.41, 5.74) is 0. The highest BCUT2D eigenvalue weighted by Crippen LogP contribution is 2.19. The van der Waals surface area contributed by atoms with Crippen LogP contribution in [0.15, 0.2) is 0 Å². The van der Waals surface area contributed by atoms with Gasteiger partial charge in [0.15, 0.2) is 0 Å². The average molecular weight is 280 g/mol. The Hall–Kier alpha value is -1.30. The maximum absolute atomic E-state index is 12.2. The van der Waals surface area contributed by atoms with Crippen molar-refractivity contribution in [2.45, 2.75) is 44.2 Å². The zero-order valence-corrected chi connectivity index (χ0v) is 11.9. The maximum Gasteiger partial charge on any atom is 0.320 e. The molecule has 0 aromatic rings. The highest BCUT2D eigenvalue weighted by molar-refractivity contribution is 5.85. The lowest BCUT2D eigenvalue weighted by Crippen LogP contribution is -2.50. The van der Waals surface area contributed by atoms with E-state index in [-0.39, 0.29) is 24.5 Å². The molecule has 1 saturated carbocycles. The van der Waals surface area contributed by atoms with E-state index in [0.29, 0.717) is 12.6 Å². The van der Waals surface area contributed by atoms with Gasteiger partial charge in [0.1, 0.15) is 6.54 Å². The lowest BCUT2D eigenvalue weighted by molar-refractivity contribution is -0.122. The minimum atomic E-state index is -0.00180. The first-order valence-electron chi connectivity index (χ1n) is 7.79. The molecule has 6 nitrogen and oxygen atoms in total. The molecule has 20 heavy (non-hydrogen) atoms. The van der Waals surface area contributed by atoms with Crippen LogP contribution in [-0.4, -0.2) is 66.5 Å². The van der Waals surface area contributed by atoms with Gasteiger partial charge in [-0.25, -0.2) is 4.79 Å². The third-order valence-electron chi connectivity index (χ3n) is 4.60. The van der Waals surface area contributed by atoms with Gasteiger partial charge >= 0.3 is 6.03 Å². The van der Waals surface area contributed by atoms with Crippen LogP contribution < -0.4 is 10.6 Å². The lowest BCUT2D eigenvalue weighted by atomic mass is 9.95. The predicted molar refractivity (Wildman–Crippen MR) is 75.3 cm³/mol. The quantitative estimate of drug-likeness (QED) is 0.773. The fourth-order valence-corrected chi connectivity index (χ4v) is 3.52. The van der Waals surface area contributed by atoms with E-state index in [4.69, 9.17) is 0 Å². The molecule has 2 saturated heterocycles. The summed E-state index contributed by atoms with van der Waals surface area (Å²) in [6.45, 7) is 3.33. The summed E-state index contributed by atoms with van der Waals surface area (Å²) in [6, 6.07) is 0.576. The Kier molecular flexibility index (Phi) is 4.10. The topological polar surface area (TPSA) is 64.7 Å². The van der Waals surface area contributed by atoms with Gasteiger partial charge in [-0.3, -0.25) is 4.79 Å². The maximum atomic E-state index is 12.2. The molecule has 2 N–H and O–H groups in total. The number of carbonyl (C=O) groups is 2. The smallest absolute Gasteiger partial charge is 0.320 e. The van der Waals surface area contributed by atoms with Crippen molar-refractivity contribution in [3.63, 3.8) is 0 Å². The van der Waals surface area contributed by atoms with Crippen LogP contribution in [0.2, 0.25) is 0 Å². The summed E-state index contributed by atoms with van der Waals surface area (Å²) in [4.78, 5) is 27.9. The largest absolute Gasteiger partial charge is 0.352 e. The van der Waals surface area contributed by atoms with Crippen molar-refractivity contribution < 1.29 is 9.59 Å². The van der Waals surface area contributed by atoms with Crippen LogP contribution in [0.3, 0.4) is 0 Å². The molecule has 0 spiro atoms. The van der Waals surface area contributed by atoms with E-state index in [0.717, 1.165) is 32.5 Å². The Bertz CT molecular complexity index is 381. The summed E-state index contributed by atoms with van der Waals surface area (Å²) < 4.78 is 0. The van der Waals surface area contributed by atoms with Gasteiger partial charge in [-0.15, -0.1) is 0 Å². The van der Waals surface area contributed by atoms with Crippen molar-refractivity contribution in [3.05, 3.63) is 0 Å². The molecule has 2 heterocycles. The van der Waals surface area contributed by atoms with E-state index in [9.17, 15) is 9.59 Å². The molecule has 0 radical (unpaired) electrons. The summed E-state index contributed by atoms with van der Waals surface area (Å²) in [7, 11) is 0. The number of hydrogen-bond donors (Lipinski definition) is 2. The zero-order chi connectivity index (χ0) is 13.9. The van der Waals surface area contributed by atoms with Crippen molar-refractivity contribution in [2.24, 2.45) is 0 Å². The lowest BCUT2D eigenvalue weighted by Gasteiger charge is -2.28. The molecule has 6 heteroatoms. The van der Waals surface area contributed by atoms with E-state index in [1.54, 1.807) is 4.90 Å². The third kappa shape index (κ3) is 2.90. The fourth-order valence-electron chi connectivity index (χ4n) is 3.52. The predicted octanol–water partition coefficient (Wildman–Crippen LogP) is 0.145. The number of hydrogen-bond acceptors (Lipinski definition) is 3. The summed E-state index contributed by atoms with van der Waals surface area (Å²) in [5.74, 6) is -0.00180. The number of rotatable bonds is 3. The molecule has 0 bridgehead atoms. The van der Waals surface area contributed by atoms with Crippen LogP contribution in [0.4, 0.5) is 4.79 Å².